The van der Waals surface area contributed by atoms with Gasteiger partial charge in [-0.3, -0.25) is 4.79 Å². The van der Waals surface area contributed by atoms with Gasteiger partial charge in [-0.1, -0.05) is 18.2 Å². The van der Waals surface area contributed by atoms with Crippen LogP contribution in [0.5, 0.6) is 0 Å². The SMILES string of the molecule is CN(C)Cc1cccc(NC(=O)c2cccc3c2CCCN3)c1.Cl.Cl. The van der Waals surface area contributed by atoms with Gasteiger partial charge in [-0.25, -0.2) is 0 Å². The quantitative estimate of drug-likeness (QED) is 0.833. The van der Waals surface area contributed by atoms with Crippen molar-refractivity contribution in [3.63, 3.8) is 0 Å². The van der Waals surface area contributed by atoms with Crippen LogP contribution < -0.4 is 10.6 Å². The number of benzene rings is 2. The molecule has 25 heavy (non-hydrogen) atoms. The second kappa shape index (κ2) is 9.66. The molecule has 1 aliphatic heterocycles. The van der Waals surface area contributed by atoms with E-state index in [0.717, 1.165) is 48.4 Å². The van der Waals surface area contributed by atoms with Crippen LogP contribution in [0, 0.1) is 0 Å². The second-order valence-electron chi connectivity index (χ2n) is 6.25. The number of hydrogen-bond donors (Lipinski definition) is 2. The molecule has 2 N–H and O–H groups in total. The Morgan fingerprint density at radius 1 is 1.16 bits per heavy atom. The van der Waals surface area contributed by atoms with Crippen LogP contribution >= 0.6 is 24.8 Å². The molecule has 6 heteroatoms. The average Bonchev–Trinajstić information content (AvgIpc) is 2.54. The Bertz CT molecular complexity index is 720. The van der Waals surface area contributed by atoms with Crippen molar-refractivity contribution in [1.82, 2.24) is 4.90 Å². The van der Waals surface area contributed by atoms with E-state index in [1.165, 1.54) is 5.56 Å². The summed E-state index contributed by atoms with van der Waals surface area (Å²) >= 11 is 0. The van der Waals surface area contributed by atoms with Crippen LogP contribution in [0.2, 0.25) is 0 Å². The number of rotatable bonds is 4. The molecule has 4 nitrogen and oxygen atoms in total. The minimum Gasteiger partial charge on any atom is -0.385 e. The number of halogens is 2. The lowest BCUT2D eigenvalue weighted by Crippen LogP contribution is -2.19. The molecule has 0 atom stereocenters. The molecule has 0 bridgehead atoms. The number of nitrogens with one attached hydrogen (secondary N) is 2. The minimum absolute atomic E-state index is 0. The van der Waals surface area contributed by atoms with Gasteiger partial charge in [0.2, 0.25) is 0 Å². The Balaban J connectivity index is 0.00000156. The van der Waals surface area contributed by atoms with Crippen molar-refractivity contribution in [2.24, 2.45) is 0 Å². The van der Waals surface area contributed by atoms with E-state index in [2.05, 4.69) is 21.6 Å². The van der Waals surface area contributed by atoms with E-state index in [4.69, 9.17) is 0 Å². The number of anilines is 2. The van der Waals surface area contributed by atoms with Crippen LogP contribution in [-0.2, 0) is 13.0 Å². The third kappa shape index (κ3) is 5.36. The van der Waals surface area contributed by atoms with Crippen LogP contribution in [-0.4, -0.2) is 31.4 Å². The highest BCUT2D eigenvalue weighted by Gasteiger charge is 2.17. The Morgan fingerprint density at radius 3 is 2.68 bits per heavy atom. The van der Waals surface area contributed by atoms with Gasteiger partial charge in [-0.05, 0) is 62.3 Å². The van der Waals surface area contributed by atoms with E-state index in [1.54, 1.807) is 0 Å². The number of nitrogens with zero attached hydrogens (tertiary/aromatic N) is 1. The minimum atomic E-state index is -0.0347. The van der Waals surface area contributed by atoms with Gasteiger partial charge < -0.3 is 15.5 Å². The summed E-state index contributed by atoms with van der Waals surface area (Å²) < 4.78 is 0. The highest BCUT2D eigenvalue weighted by molar-refractivity contribution is 6.06. The van der Waals surface area contributed by atoms with Gasteiger partial charge in [0.05, 0.1) is 0 Å². The number of fused-ring (bicyclic) bond motifs is 1. The first-order valence-electron chi connectivity index (χ1n) is 8.04. The maximum absolute atomic E-state index is 12.7. The zero-order valence-electron chi connectivity index (χ0n) is 14.5. The summed E-state index contributed by atoms with van der Waals surface area (Å²) in [5.41, 5.74) is 5.01. The van der Waals surface area contributed by atoms with Crippen molar-refractivity contribution < 1.29 is 4.79 Å². The molecule has 0 aromatic heterocycles. The number of hydrogen-bond acceptors (Lipinski definition) is 3. The van der Waals surface area contributed by atoms with Crippen molar-refractivity contribution in [2.75, 3.05) is 31.3 Å². The largest absolute Gasteiger partial charge is 0.385 e. The summed E-state index contributed by atoms with van der Waals surface area (Å²) in [6.07, 6.45) is 2.02. The molecule has 1 aliphatic rings. The van der Waals surface area contributed by atoms with Crippen LogP contribution in [0.1, 0.15) is 27.9 Å². The van der Waals surface area contributed by atoms with Crippen LogP contribution in [0.4, 0.5) is 11.4 Å². The fourth-order valence-electron chi connectivity index (χ4n) is 3.03. The van der Waals surface area contributed by atoms with Crippen molar-refractivity contribution >= 4 is 42.1 Å². The predicted molar refractivity (Wildman–Crippen MR) is 110 cm³/mol. The molecule has 0 radical (unpaired) electrons. The monoisotopic (exact) mass is 381 g/mol. The van der Waals surface area contributed by atoms with Crippen molar-refractivity contribution in [3.8, 4) is 0 Å². The molecule has 3 rings (SSSR count). The number of carbonyl (C=O) groups is 1. The zero-order valence-corrected chi connectivity index (χ0v) is 16.2. The molecule has 0 unspecified atom stereocenters. The standard InChI is InChI=1S/C19H23N3O.2ClH/c1-22(2)13-14-6-3-7-15(12-14)21-19(23)17-8-4-10-18-16(17)9-5-11-20-18;;/h3-4,6-8,10,12,20H,5,9,11,13H2,1-2H3,(H,21,23);2*1H. The highest BCUT2D eigenvalue weighted by Crippen LogP contribution is 2.26. The molecular weight excluding hydrogens is 357 g/mol. The molecule has 0 fully saturated rings. The highest BCUT2D eigenvalue weighted by atomic mass is 35.5. The van der Waals surface area contributed by atoms with E-state index in [-0.39, 0.29) is 30.7 Å². The molecular formula is C19H25Cl2N3O. The third-order valence-electron chi connectivity index (χ3n) is 4.02. The maximum atomic E-state index is 12.7. The summed E-state index contributed by atoms with van der Waals surface area (Å²) in [5.74, 6) is -0.0347. The van der Waals surface area contributed by atoms with Crippen molar-refractivity contribution in [3.05, 3.63) is 59.2 Å². The van der Waals surface area contributed by atoms with Gasteiger partial charge >= 0.3 is 0 Å². The summed E-state index contributed by atoms with van der Waals surface area (Å²) in [4.78, 5) is 14.8. The fourth-order valence-corrected chi connectivity index (χ4v) is 3.03. The Kier molecular flexibility index (Phi) is 8.23. The summed E-state index contributed by atoms with van der Waals surface area (Å²) in [6, 6.07) is 13.9. The predicted octanol–water partition coefficient (Wildman–Crippen LogP) is 4.20. The van der Waals surface area contributed by atoms with Gasteiger partial charge in [0.1, 0.15) is 0 Å². The average molecular weight is 382 g/mol. The van der Waals surface area contributed by atoms with E-state index in [1.807, 2.05) is 50.5 Å². The molecule has 1 heterocycles. The third-order valence-corrected chi connectivity index (χ3v) is 4.02. The molecule has 2 aromatic rings. The molecule has 0 aliphatic carbocycles. The second-order valence-corrected chi connectivity index (χ2v) is 6.25. The molecule has 2 aromatic carbocycles. The van der Waals surface area contributed by atoms with Crippen LogP contribution in [0.3, 0.4) is 0 Å². The summed E-state index contributed by atoms with van der Waals surface area (Å²) in [6.45, 7) is 1.83. The summed E-state index contributed by atoms with van der Waals surface area (Å²) in [5, 5.41) is 6.40. The maximum Gasteiger partial charge on any atom is 0.256 e. The lowest BCUT2D eigenvalue weighted by Gasteiger charge is -2.20. The van der Waals surface area contributed by atoms with Crippen molar-refractivity contribution in [2.45, 2.75) is 19.4 Å². The van der Waals surface area contributed by atoms with Gasteiger partial charge in [0.25, 0.3) is 5.91 Å². The van der Waals surface area contributed by atoms with E-state index >= 15 is 0 Å². The summed E-state index contributed by atoms with van der Waals surface area (Å²) in [7, 11) is 4.07. The van der Waals surface area contributed by atoms with E-state index in [9.17, 15) is 4.79 Å². The number of amides is 1. The van der Waals surface area contributed by atoms with Crippen LogP contribution in [0.25, 0.3) is 0 Å². The Labute approximate surface area is 161 Å². The first-order valence-corrected chi connectivity index (χ1v) is 8.04. The van der Waals surface area contributed by atoms with Gasteiger partial charge in [0, 0.05) is 30.0 Å². The van der Waals surface area contributed by atoms with Gasteiger partial charge in [0.15, 0.2) is 0 Å². The molecule has 1 amide bonds. The molecule has 0 spiro atoms. The van der Waals surface area contributed by atoms with Crippen LogP contribution in [0.15, 0.2) is 42.5 Å². The lowest BCUT2D eigenvalue weighted by atomic mass is 9.97. The topological polar surface area (TPSA) is 44.4 Å². The first kappa shape index (κ1) is 21.3. The van der Waals surface area contributed by atoms with E-state index < -0.39 is 0 Å². The Hall–Kier alpha value is -1.75. The molecule has 136 valence electrons. The Morgan fingerprint density at radius 2 is 1.92 bits per heavy atom. The lowest BCUT2D eigenvalue weighted by molar-refractivity contribution is 0.102. The number of carbonyl (C=O) groups excluding carboxylic acids is 1. The van der Waals surface area contributed by atoms with E-state index in [0.29, 0.717) is 0 Å². The zero-order chi connectivity index (χ0) is 16.2. The normalized spacial score (nSPS) is 12.3. The van der Waals surface area contributed by atoms with Crippen molar-refractivity contribution in [1.29, 1.82) is 0 Å². The van der Waals surface area contributed by atoms with Gasteiger partial charge in [-0.15, -0.1) is 24.8 Å². The van der Waals surface area contributed by atoms with Gasteiger partial charge in [-0.2, -0.15) is 0 Å². The molecule has 0 saturated heterocycles. The fraction of sp³-hybridized carbons (Fsp3) is 0.316. The first-order chi connectivity index (χ1) is 11.1. The smallest absolute Gasteiger partial charge is 0.256 e. The molecule has 0 saturated carbocycles.